The maximum atomic E-state index is 13.5. The van der Waals surface area contributed by atoms with Crippen LogP contribution in [0, 0.1) is 0 Å². The van der Waals surface area contributed by atoms with Gasteiger partial charge in [-0.1, -0.05) is 66.2 Å². The Kier molecular flexibility index (Phi) is 5.65. The van der Waals surface area contributed by atoms with Crippen molar-refractivity contribution in [2.75, 3.05) is 0 Å². The second-order valence-corrected chi connectivity index (χ2v) is 7.36. The van der Waals surface area contributed by atoms with Crippen LogP contribution in [0.4, 0.5) is 13.2 Å². The average Bonchev–Trinajstić information content (AvgIpc) is 2.76. The number of amides is 1. The largest absolute Gasteiger partial charge is 0.418 e. The van der Waals surface area contributed by atoms with Crippen molar-refractivity contribution in [1.82, 2.24) is 10.3 Å². The molecule has 3 aromatic carbocycles. The van der Waals surface area contributed by atoms with Crippen LogP contribution in [0.1, 0.15) is 21.5 Å². The van der Waals surface area contributed by atoms with Gasteiger partial charge in [-0.05, 0) is 29.3 Å². The molecule has 0 aliphatic rings. The van der Waals surface area contributed by atoms with E-state index in [-0.39, 0.29) is 23.0 Å². The molecule has 1 heterocycles. The quantitative estimate of drug-likeness (QED) is 0.393. The summed E-state index contributed by atoms with van der Waals surface area (Å²) in [6, 6.07) is 19.8. The number of nitrogens with one attached hydrogen (secondary N) is 1. The second kappa shape index (κ2) is 8.40. The number of benzene rings is 3. The highest BCUT2D eigenvalue weighted by Crippen LogP contribution is 2.38. The lowest BCUT2D eigenvalue weighted by atomic mass is 9.94. The summed E-state index contributed by atoms with van der Waals surface area (Å²) in [5, 5.41) is 3.61. The molecule has 4 aromatic rings. The van der Waals surface area contributed by atoms with Gasteiger partial charge in [-0.2, -0.15) is 13.2 Å². The second-order valence-electron chi connectivity index (χ2n) is 6.92. The molecule has 4 rings (SSSR count). The summed E-state index contributed by atoms with van der Waals surface area (Å²) in [5.41, 5.74) is 0.992. The lowest BCUT2D eigenvalue weighted by Crippen LogP contribution is -2.24. The van der Waals surface area contributed by atoms with Crippen molar-refractivity contribution in [2.45, 2.75) is 12.7 Å². The van der Waals surface area contributed by atoms with Crippen LogP contribution in [0.15, 0.2) is 79.0 Å². The maximum absolute atomic E-state index is 13.5. The van der Waals surface area contributed by atoms with Crippen LogP contribution in [0.5, 0.6) is 0 Å². The molecule has 1 aromatic heterocycles. The zero-order valence-electron chi connectivity index (χ0n) is 16.1. The van der Waals surface area contributed by atoms with Crippen LogP contribution >= 0.6 is 11.6 Å². The number of aromatic nitrogens is 1. The number of nitrogens with zero attached hydrogens (tertiary/aromatic N) is 1. The Morgan fingerprint density at radius 1 is 0.968 bits per heavy atom. The standard InChI is InChI=1S/C24H16ClF3N2O/c25-17-9-4-6-15(12-17)13-30-23(31)19-14-29-22-18(10-5-11-20(22)24(26,27)28)21(19)16-7-2-1-3-8-16/h1-12,14H,13H2,(H,30,31). The first-order valence-corrected chi connectivity index (χ1v) is 9.79. The van der Waals surface area contributed by atoms with Crippen molar-refractivity contribution in [3.8, 4) is 11.1 Å². The summed E-state index contributed by atoms with van der Waals surface area (Å²) < 4.78 is 40.6. The van der Waals surface area contributed by atoms with Gasteiger partial charge in [-0.25, -0.2) is 0 Å². The molecule has 3 nitrogen and oxygen atoms in total. The highest BCUT2D eigenvalue weighted by Gasteiger charge is 2.34. The molecule has 0 radical (unpaired) electrons. The maximum Gasteiger partial charge on any atom is 0.418 e. The van der Waals surface area contributed by atoms with Gasteiger partial charge in [0.1, 0.15) is 0 Å². The highest BCUT2D eigenvalue weighted by molar-refractivity contribution is 6.30. The normalized spacial score (nSPS) is 11.5. The van der Waals surface area contributed by atoms with Crippen LogP contribution in [0.3, 0.4) is 0 Å². The first-order valence-electron chi connectivity index (χ1n) is 9.41. The monoisotopic (exact) mass is 440 g/mol. The minimum atomic E-state index is -4.56. The van der Waals surface area contributed by atoms with E-state index in [0.717, 1.165) is 11.6 Å². The first kappa shape index (κ1) is 20.9. The Labute approximate surface area is 181 Å². The Morgan fingerprint density at radius 2 is 1.71 bits per heavy atom. The Morgan fingerprint density at radius 3 is 2.42 bits per heavy atom. The molecule has 0 fully saturated rings. The number of rotatable bonds is 4. The fourth-order valence-electron chi connectivity index (χ4n) is 3.46. The summed E-state index contributed by atoms with van der Waals surface area (Å²) in [7, 11) is 0. The van der Waals surface area contributed by atoms with Crippen LogP contribution in [-0.2, 0) is 12.7 Å². The zero-order chi connectivity index (χ0) is 22.0. The van der Waals surface area contributed by atoms with Gasteiger partial charge >= 0.3 is 6.18 Å². The molecule has 156 valence electrons. The third-order valence-electron chi connectivity index (χ3n) is 4.85. The van der Waals surface area contributed by atoms with E-state index in [4.69, 9.17) is 11.6 Å². The molecular weight excluding hydrogens is 425 g/mol. The molecule has 0 saturated heterocycles. The summed E-state index contributed by atoms with van der Waals surface area (Å²) in [6.07, 6.45) is -3.36. The van der Waals surface area contributed by atoms with Crippen molar-refractivity contribution in [1.29, 1.82) is 0 Å². The summed E-state index contributed by atoms with van der Waals surface area (Å²) in [4.78, 5) is 17.0. The van der Waals surface area contributed by atoms with Crippen LogP contribution < -0.4 is 5.32 Å². The number of hydrogen-bond donors (Lipinski definition) is 1. The topological polar surface area (TPSA) is 42.0 Å². The van der Waals surface area contributed by atoms with Gasteiger partial charge in [0.25, 0.3) is 5.91 Å². The van der Waals surface area contributed by atoms with Gasteiger partial charge in [0.2, 0.25) is 0 Å². The molecule has 31 heavy (non-hydrogen) atoms. The number of pyridine rings is 1. The molecular formula is C24H16ClF3N2O. The lowest BCUT2D eigenvalue weighted by molar-refractivity contribution is -0.136. The predicted octanol–water partition coefficient (Wildman–Crippen LogP) is 6.50. The minimum Gasteiger partial charge on any atom is -0.348 e. The Balaban J connectivity index is 1.82. The van der Waals surface area contributed by atoms with E-state index in [1.807, 2.05) is 6.07 Å². The molecule has 0 aliphatic carbocycles. The van der Waals surface area contributed by atoms with E-state index in [0.29, 0.717) is 16.1 Å². The predicted molar refractivity (Wildman–Crippen MR) is 115 cm³/mol. The molecule has 0 atom stereocenters. The number of hydrogen-bond acceptors (Lipinski definition) is 2. The summed E-state index contributed by atoms with van der Waals surface area (Å²) >= 11 is 5.98. The fourth-order valence-corrected chi connectivity index (χ4v) is 3.68. The smallest absolute Gasteiger partial charge is 0.348 e. The van der Waals surface area contributed by atoms with Crippen LogP contribution in [0.2, 0.25) is 5.02 Å². The molecule has 1 amide bonds. The average molecular weight is 441 g/mol. The van der Waals surface area contributed by atoms with Gasteiger partial charge < -0.3 is 5.32 Å². The van der Waals surface area contributed by atoms with Gasteiger partial charge in [0.15, 0.2) is 0 Å². The fraction of sp³-hybridized carbons (Fsp3) is 0.0833. The van der Waals surface area contributed by atoms with E-state index in [2.05, 4.69) is 10.3 Å². The Hall–Kier alpha value is -3.38. The van der Waals surface area contributed by atoms with E-state index in [9.17, 15) is 18.0 Å². The summed E-state index contributed by atoms with van der Waals surface area (Å²) in [5.74, 6) is -0.439. The Bertz CT molecular complexity index is 1260. The van der Waals surface area contributed by atoms with Crippen LogP contribution in [0.25, 0.3) is 22.0 Å². The van der Waals surface area contributed by atoms with Gasteiger partial charge in [0.05, 0.1) is 16.6 Å². The lowest BCUT2D eigenvalue weighted by Gasteiger charge is -2.16. The van der Waals surface area contributed by atoms with Crippen molar-refractivity contribution >= 4 is 28.4 Å². The number of alkyl halides is 3. The summed E-state index contributed by atoms with van der Waals surface area (Å²) in [6.45, 7) is 0.217. The van der Waals surface area contributed by atoms with Crippen molar-refractivity contribution in [3.05, 3.63) is 101 Å². The van der Waals surface area contributed by atoms with Gasteiger partial charge in [-0.3, -0.25) is 9.78 Å². The molecule has 0 unspecified atom stereocenters. The number of carbonyl (C=O) groups is 1. The molecule has 0 bridgehead atoms. The SMILES string of the molecule is O=C(NCc1cccc(Cl)c1)c1cnc2c(C(F)(F)F)cccc2c1-c1ccccc1. The molecule has 0 aliphatic heterocycles. The van der Waals surface area contributed by atoms with Crippen molar-refractivity contribution in [2.24, 2.45) is 0 Å². The highest BCUT2D eigenvalue weighted by atomic mass is 35.5. The number of halogens is 4. The van der Waals surface area contributed by atoms with Gasteiger partial charge in [-0.15, -0.1) is 0 Å². The van der Waals surface area contributed by atoms with Gasteiger partial charge in [0, 0.05) is 28.7 Å². The van der Waals surface area contributed by atoms with Crippen molar-refractivity contribution in [3.63, 3.8) is 0 Å². The molecule has 7 heteroatoms. The van der Waals surface area contributed by atoms with E-state index >= 15 is 0 Å². The first-order chi connectivity index (χ1) is 14.8. The third-order valence-corrected chi connectivity index (χ3v) is 5.09. The van der Waals surface area contributed by atoms with E-state index < -0.39 is 17.6 Å². The molecule has 1 N–H and O–H groups in total. The number of para-hydroxylation sites is 1. The number of fused-ring (bicyclic) bond motifs is 1. The number of carbonyl (C=O) groups excluding carboxylic acids is 1. The van der Waals surface area contributed by atoms with Crippen molar-refractivity contribution < 1.29 is 18.0 Å². The van der Waals surface area contributed by atoms with E-state index in [1.54, 1.807) is 54.6 Å². The third kappa shape index (κ3) is 4.39. The van der Waals surface area contributed by atoms with Crippen LogP contribution in [-0.4, -0.2) is 10.9 Å². The molecule has 0 spiro atoms. The minimum absolute atomic E-state index is 0.194. The molecule has 0 saturated carbocycles. The zero-order valence-corrected chi connectivity index (χ0v) is 16.8. The van der Waals surface area contributed by atoms with E-state index in [1.165, 1.54) is 12.3 Å².